The fourth-order valence-electron chi connectivity index (χ4n) is 3.97. The van der Waals surface area contributed by atoms with E-state index < -0.39 is 0 Å². The van der Waals surface area contributed by atoms with Gasteiger partial charge in [0.15, 0.2) is 5.96 Å². The second-order valence-electron chi connectivity index (χ2n) is 7.47. The van der Waals surface area contributed by atoms with Crippen LogP contribution in [0.1, 0.15) is 37.3 Å². The molecule has 2 heterocycles. The molecule has 1 amide bonds. The average Bonchev–Trinajstić information content (AvgIpc) is 3.18. The Hall–Kier alpha value is -2.08. The molecule has 1 aromatic carbocycles. The Morgan fingerprint density at radius 3 is 2.85 bits per heavy atom. The Kier molecular flexibility index (Phi) is 7.10. The number of rotatable bonds is 6. The molecule has 1 aromatic rings. The van der Waals surface area contributed by atoms with Crippen LogP contribution in [0.25, 0.3) is 0 Å². The number of guanidine groups is 1. The number of aliphatic imine (C=N–C) groups is 1. The Morgan fingerprint density at radius 2 is 2.07 bits per heavy atom. The number of nitrogens with zero attached hydrogens (tertiary/aromatic N) is 3. The summed E-state index contributed by atoms with van der Waals surface area (Å²) in [5.74, 6) is 1.08. The predicted molar refractivity (Wildman–Crippen MR) is 110 cm³/mol. The number of fused-ring (bicyclic) bond motifs is 1. The summed E-state index contributed by atoms with van der Waals surface area (Å²) in [4.78, 5) is 20.6. The maximum atomic E-state index is 11.8. The van der Waals surface area contributed by atoms with Crippen LogP contribution in [0.5, 0.6) is 0 Å². The van der Waals surface area contributed by atoms with Crippen LogP contribution < -0.4 is 10.6 Å². The van der Waals surface area contributed by atoms with Gasteiger partial charge in [0, 0.05) is 58.8 Å². The van der Waals surface area contributed by atoms with Gasteiger partial charge < -0.3 is 15.5 Å². The van der Waals surface area contributed by atoms with E-state index in [9.17, 15) is 4.79 Å². The lowest BCUT2D eigenvalue weighted by atomic mass is 10.00. The molecule has 0 aliphatic carbocycles. The molecule has 3 rings (SSSR count). The van der Waals surface area contributed by atoms with Gasteiger partial charge in [-0.3, -0.25) is 14.7 Å². The average molecular weight is 372 g/mol. The summed E-state index contributed by atoms with van der Waals surface area (Å²) < 4.78 is 0. The highest BCUT2D eigenvalue weighted by atomic mass is 16.2. The van der Waals surface area contributed by atoms with Gasteiger partial charge in [0.25, 0.3) is 0 Å². The van der Waals surface area contributed by atoms with Crippen LogP contribution in [0.15, 0.2) is 29.3 Å². The third kappa shape index (κ3) is 5.45. The molecule has 2 aliphatic heterocycles. The number of hydrogen-bond acceptors (Lipinski definition) is 3. The zero-order chi connectivity index (χ0) is 19.1. The van der Waals surface area contributed by atoms with Crippen molar-refractivity contribution in [1.82, 2.24) is 20.4 Å². The minimum absolute atomic E-state index is 0.241. The quantitative estimate of drug-likeness (QED) is 0.453. The standard InChI is InChI=1S/C21H33N5O/c1-3-20(27)26-14-10-19(16-26)24-21(22-2)23-11-6-12-25-13-9-17-7-4-5-8-18(17)15-25/h4-5,7-8,19H,3,6,9-16H2,1-2H3,(H2,22,23,24). The van der Waals surface area contributed by atoms with E-state index in [2.05, 4.69) is 44.8 Å². The first-order chi connectivity index (χ1) is 13.2. The zero-order valence-corrected chi connectivity index (χ0v) is 16.7. The van der Waals surface area contributed by atoms with E-state index in [0.717, 1.165) is 64.5 Å². The predicted octanol–water partition coefficient (Wildman–Crippen LogP) is 1.61. The Morgan fingerprint density at radius 1 is 1.26 bits per heavy atom. The molecule has 1 fully saturated rings. The molecule has 1 unspecified atom stereocenters. The molecule has 1 saturated heterocycles. The zero-order valence-electron chi connectivity index (χ0n) is 16.7. The molecule has 0 radical (unpaired) electrons. The third-order valence-corrected chi connectivity index (χ3v) is 5.56. The van der Waals surface area contributed by atoms with Crippen molar-refractivity contribution in [2.24, 2.45) is 4.99 Å². The molecule has 0 saturated carbocycles. The first-order valence-electron chi connectivity index (χ1n) is 10.2. The number of benzene rings is 1. The Labute approximate surface area is 163 Å². The summed E-state index contributed by atoms with van der Waals surface area (Å²) >= 11 is 0. The first kappa shape index (κ1) is 19.7. The summed E-state index contributed by atoms with van der Waals surface area (Å²) in [6.07, 6.45) is 3.82. The molecule has 148 valence electrons. The van der Waals surface area contributed by atoms with Crippen molar-refractivity contribution < 1.29 is 4.79 Å². The molecule has 2 N–H and O–H groups in total. The highest BCUT2D eigenvalue weighted by Gasteiger charge is 2.25. The van der Waals surface area contributed by atoms with Gasteiger partial charge in [-0.05, 0) is 30.4 Å². The molecular formula is C21H33N5O. The van der Waals surface area contributed by atoms with Crippen molar-refractivity contribution >= 4 is 11.9 Å². The fourth-order valence-corrected chi connectivity index (χ4v) is 3.97. The van der Waals surface area contributed by atoms with Crippen molar-refractivity contribution in [3.05, 3.63) is 35.4 Å². The van der Waals surface area contributed by atoms with Gasteiger partial charge in [-0.1, -0.05) is 31.2 Å². The molecule has 0 aromatic heterocycles. The Bertz CT molecular complexity index is 660. The molecule has 6 nitrogen and oxygen atoms in total. The molecule has 1 atom stereocenters. The summed E-state index contributed by atoms with van der Waals surface area (Å²) in [6, 6.07) is 9.07. The lowest BCUT2D eigenvalue weighted by Gasteiger charge is -2.28. The van der Waals surface area contributed by atoms with Crippen LogP contribution in [-0.4, -0.2) is 67.5 Å². The molecule has 27 heavy (non-hydrogen) atoms. The van der Waals surface area contributed by atoms with Crippen molar-refractivity contribution in [1.29, 1.82) is 0 Å². The minimum atomic E-state index is 0.241. The van der Waals surface area contributed by atoms with Gasteiger partial charge in [0.1, 0.15) is 0 Å². The van der Waals surface area contributed by atoms with Gasteiger partial charge in [0.05, 0.1) is 0 Å². The van der Waals surface area contributed by atoms with E-state index in [1.807, 2.05) is 11.8 Å². The number of likely N-dealkylation sites (tertiary alicyclic amines) is 1. The van der Waals surface area contributed by atoms with Crippen LogP contribution in [0, 0.1) is 0 Å². The normalized spacial score (nSPS) is 20.4. The molecular weight excluding hydrogens is 338 g/mol. The monoisotopic (exact) mass is 371 g/mol. The molecule has 6 heteroatoms. The van der Waals surface area contributed by atoms with E-state index in [1.165, 1.54) is 11.1 Å². The van der Waals surface area contributed by atoms with E-state index in [1.54, 1.807) is 7.05 Å². The smallest absolute Gasteiger partial charge is 0.222 e. The summed E-state index contributed by atoms with van der Waals surface area (Å²) in [7, 11) is 1.81. The van der Waals surface area contributed by atoms with Crippen LogP contribution in [0.2, 0.25) is 0 Å². The number of carbonyl (C=O) groups is 1. The van der Waals surface area contributed by atoms with Crippen LogP contribution in [0.4, 0.5) is 0 Å². The fraction of sp³-hybridized carbons (Fsp3) is 0.619. The van der Waals surface area contributed by atoms with Crippen molar-refractivity contribution in [2.75, 3.05) is 39.8 Å². The minimum Gasteiger partial charge on any atom is -0.356 e. The van der Waals surface area contributed by atoms with Crippen molar-refractivity contribution in [2.45, 2.75) is 45.2 Å². The second-order valence-corrected chi connectivity index (χ2v) is 7.47. The van der Waals surface area contributed by atoms with E-state index in [4.69, 9.17) is 0 Å². The maximum Gasteiger partial charge on any atom is 0.222 e. The van der Waals surface area contributed by atoms with Crippen molar-refractivity contribution in [3.8, 4) is 0 Å². The van der Waals surface area contributed by atoms with Gasteiger partial charge in [-0.25, -0.2) is 0 Å². The number of amides is 1. The lowest BCUT2D eigenvalue weighted by molar-refractivity contribution is -0.129. The van der Waals surface area contributed by atoms with Gasteiger partial charge >= 0.3 is 0 Å². The largest absolute Gasteiger partial charge is 0.356 e. The third-order valence-electron chi connectivity index (χ3n) is 5.56. The van der Waals surface area contributed by atoms with Gasteiger partial charge in [-0.2, -0.15) is 0 Å². The van der Waals surface area contributed by atoms with Crippen LogP contribution >= 0.6 is 0 Å². The maximum absolute atomic E-state index is 11.8. The lowest BCUT2D eigenvalue weighted by Crippen LogP contribution is -2.45. The second kappa shape index (κ2) is 9.74. The SMILES string of the molecule is CCC(=O)N1CCC(NC(=NC)NCCCN2CCc3ccccc3C2)C1. The van der Waals surface area contributed by atoms with E-state index in [-0.39, 0.29) is 5.91 Å². The molecule has 2 aliphatic rings. The van der Waals surface area contributed by atoms with Crippen molar-refractivity contribution in [3.63, 3.8) is 0 Å². The topological polar surface area (TPSA) is 60.0 Å². The highest BCUT2D eigenvalue weighted by Crippen LogP contribution is 2.18. The number of carbonyl (C=O) groups excluding carboxylic acids is 1. The number of hydrogen-bond donors (Lipinski definition) is 2. The molecule has 0 spiro atoms. The highest BCUT2D eigenvalue weighted by molar-refractivity contribution is 5.80. The Balaban J connectivity index is 1.34. The summed E-state index contributed by atoms with van der Waals surface area (Å²) in [5, 5.41) is 6.88. The van der Waals surface area contributed by atoms with Crippen LogP contribution in [-0.2, 0) is 17.8 Å². The van der Waals surface area contributed by atoms with Gasteiger partial charge in [-0.15, -0.1) is 0 Å². The number of nitrogens with one attached hydrogen (secondary N) is 2. The summed E-state index contributed by atoms with van der Waals surface area (Å²) in [5.41, 5.74) is 2.98. The van der Waals surface area contributed by atoms with E-state index >= 15 is 0 Å². The van der Waals surface area contributed by atoms with Gasteiger partial charge in [0.2, 0.25) is 5.91 Å². The first-order valence-corrected chi connectivity index (χ1v) is 10.2. The molecule has 0 bridgehead atoms. The summed E-state index contributed by atoms with van der Waals surface area (Å²) in [6.45, 7) is 7.76. The van der Waals surface area contributed by atoms with E-state index in [0.29, 0.717) is 12.5 Å². The van der Waals surface area contributed by atoms with Crippen LogP contribution in [0.3, 0.4) is 0 Å².